The minimum Gasteiger partial charge on any atom is -0.494 e. The average Bonchev–Trinajstić information content (AvgIpc) is 2.54. The van der Waals surface area contributed by atoms with Gasteiger partial charge in [-0.1, -0.05) is 43.3 Å². The van der Waals surface area contributed by atoms with E-state index in [0.29, 0.717) is 23.7 Å². The second-order valence-corrected chi connectivity index (χ2v) is 7.76. The van der Waals surface area contributed by atoms with Crippen molar-refractivity contribution in [2.75, 3.05) is 12.4 Å². The number of hydrogen-bond donors (Lipinski definition) is 0. The predicted octanol–water partition coefficient (Wildman–Crippen LogP) is 4.19. The van der Waals surface area contributed by atoms with Gasteiger partial charge in [-0.3, -0.25) is 0 Å². The van der Waals surface area contributed by atoms with Gasteiger partial charge < -0.3 is 4.74 Å². The summed E-state index contributed by atoms with van der Waals surface area (Å²) in [5.74, 6) is 0.795. The van der Waals surface area contributed by atoms with Crippen LogP contribution in [0.25, 0.3) is 0 Å². The Balaban J connectivity index is 1.96. The monoisotopic (exact) mass is 332 g/mol. The molecule has 23 heavy (non-hydrogen) atoms. The van der Waals surface area contributed by atoms with Crippen LogP contribution in [0.15, 0.2) is 53.4 Å². The molecule has 0 amide bonds. The zero-order valence-electron chi connectivity index (χ0n) is 13.8. The van der Waals surface area contributed by atoms with Gasteiger partial charge in [0.1, 0.15) is 5.75 Å². The Hall–Kier alpha value is -1.81. The molecule has 0 bridgehead atoms. The molecule has 0 aromatic heterocycles. The molecule has 0 aliphatic heterocycles. The lowest BCUT2D eigenvalue weighted by atomic mass is 10.1. The van der Waals surface area contributed by atoms with E-state index in [1.807, 2.05) is 44.2 Å². The van der Waals surface area contributed by atoms with E-state index in [1.165, 1.54) is 5.56 Å². The zero-order valence-corrected chi connectivity index (χ0v) is 14.6. The first-order chi connectivity index (χ1) is 11.0. The van der Waals surface area contributed by atoms with Crippen molar-refractivity contribution in [2.24, 2.45) is 0 Å². The van der Waals surface area contributed by atoms with Crippen molar-refractivity contribution < 1.29 is 13.2 Å². The van der Waals surface area contributed by atoms with Gasteiger partial charge >= 0.3 is 0 Å². The molecule has 0 spiro atoms. The molecule has 0 aliphatic rings. The number of sulfone groups is 1. The summed E-state index contributed by atoms with van der Waals surface area (Å²) >= 11 is 0. The molecule has 4 heteroatoms. The van der Waals surface area contributed by atoms with Gasteiger partial charge in [0, 0.05) is 0 Å². The fraction of sp³-hybridized carbons (Fsp3) is 0.368. The number of rotatable bonds is 8. The number of hydrogen-bond acceptors (Lipinski definition) is 3. The maximum atomic E-state index is 12.3. The van der Waals surface area contributed by atoms with Gasteiger partial charge in [0.15, 0.2) is 9.84 Å². The summed E-state index contributed by atoms with van der Waals surface area (Å²) in [6.45, 7) is 4.27. The van der Waals surface area contributed by atoms with Crippen LogP contribution in [0.2, 0.25) is 0 Å². The molecule has 2 aromatic rings. The van der Waals surface area contributed by atoms with Crippen LogP contribution in [0.4, 0.5) is 0 Å². The Morgan fingerprint density at radius 3 is 2.48 bits per heavy atom. The number of ether oxygens (including phenoxy) is 1. The van der Waals surface area contributed by atoms with Crippen LogP contribution >= 0.6 is 0 Å². The standard InChI is InChI=1S/C19H24O3S/c1-3-14-23(20,21)19-15-18(12-11-16(19)2)22-13-7-10-17-8-5-4-6-9-17/h4-6,8-9,11-12,15H,3,7,10,13-14H2,1-2H3. The van der Waals surface area contributed by atoms with Crippen LogP contribution in [0.3, 0.4) is 0 Å². The van der Waals surface area contributed by atoms with Gasteiger partial charge in [-0.25, -0.2) is 8.42 Å². The van der Waals surface area contributed by atoms with Crippen molar-refractivity contribution in [1.82, 2.24) is 0 Å². The third kappa shape index (κ3) is 5.10. The van der Waals surface area contributed by atoms with E-state index in [2.05, 4.69) is 12.1 Å². The van der Waals surface area contributed by atoms with Crippen LogP contribution in [0.5, 0.6) is 5.75 Å². The highest BCUT2D eigenvalue weighted by molar-refractivity contribution is 7.91. The molecule has 3 nitrogen and oxygen atoms in total. The van der Waals surface area contributed by atoms with Crippen LogP contribution in [-0.4, -0.2) is 20.8 Å². The average molecular weight is 332 g/mol. The first-order valence-corrected chi connectivity index (χ1v) is 9.68. The summed E-state index contributed by atoms with van der Waals surface area (Å²) in [5.41, 5.74) is 2.06. The Morgan fingerprint density at radius 2 is 1.78 bits per heavy atom. The molecule has 0 radical (unpaired) electrons. The van der Waals surface area contributed by atoms with E-state index in [0.717, 1.165) is 18.4 Å². The molecule has 0 heterocycles. The first-order valence-electron chi connectivity index (χ1n) is 8.03. The highest BCUT2D eigenvalue weighted by Gasteiger charge is 2.16. The molecule has 0 unspecified atom stereocenters. The molecule has 0 saturated carbocycles. The quantitative estimate of drug-likeness (QED) is 0.681. The van der Waals surface area contributed by atoms with Crippen LogP contribution < -0.4 is 4.74 Å². The van der Waals surface area contributed by atoms with Crippen LogP contribution in [0.1, 0.15) is 30.9 Å². The van der Waals surface area contributed by atoms with E-state index in [9.17, 15) is 8.42 Å². The lowest BCUT2D eigenvalue weighted by Crippen LogP contribution is -2.08. The topological polar surface area (TPSA) is 43.4 Å². The lowest BCUT2D eigenvalue weighted by Gasteiger charge is -2.11. The van der Waals surface area contributed by atoms with E-state index in [1.54, 1.807) is 6.07 Å². The number of benzene rings is 2. The van der Waals surface area contributed by atoms with Gasteiger partial charge in [-0.15, -0.1) is 0 Å². The van der Waals surface area contributed by atoms with Crippen molar-refractivity contribution in [3.8, 4) is 5.75 Å². The molecule has 0 fully saturated rings. The molecule has 0 aliphatic carbocycles. The third-order valence-electron chi connectivity index (χ3n) is 3.69. The summed E-state index contributed by atoms with van der Waals surface area (Å²) in [6.07, 6.45) is 2.46. The Morgan fingerprint density at radius 1 is 1.04 bits per heavy atom. The van der Waals surface area contributed by atoms with Gasteiger partial charge in [0.25, 0.3) is 0 Å². The van der Waals surface area contributed by atoms with Gasteiger partial charge in [0.2, 0.25) is 0 Å². The molecule has 0 saturated heterocycles. The van der Waals surface area contributed by atoms with Gasteiger partial charge in [-0.2, -0.15) is 0 Å². The van der Waals surface area contributed by atoms with E-state index < -0.39 is 9.84 Å². The molecule has 0 N–H and O–H groups in total. The predicted molar refractivity (Wildman–Crippen MR) is 93.8 cm³/mol. The van der Waals surface area contributed by atoms with E-state index >= 15 is 0 Å². The molecular weight excluding hydrogens is 308 g/mol. The summed E-state index contributed by atoms with van der Waals surface area (Å²) in [5, 5.41) is 0. The Kier molecular flexibility index (Phi) is 6.22. The lowest BCUT2D eigenvalue weighted by molar-refractivity contribution is 0.310. The second-order valence-electron chi connectivity index (χ2n) is 5.68. The van der Waals surface area contributed by atoms with Crippen molar-refractivity contribution in [2.45, 2.75) is 38.0 Å². The molecule has 124 valence electrons. The number of aryl methyl sites for hydroxylation is 2. The van der Waals surface area contributed by atoms with Crippen molar-refractivity contribution in [3.63, 3.8) is 0 Å². The van der Waals surface area contributed by atoms with E-state index in [4.69, 9.17) is 4.74 Å². The van der Waals surface area contributed by atoms with Crippen LogP contribution in [0, 0.1) is 6.92 Å². The smallest absolute Gasteiger partial charge is 0.178 e. The van der Waals surface area contributed by atoms with Crippen molar-refractivity contribution in [1.29, 1.82) is 0 Å². The maximum Gasteiger partial charge on any atom is 0.178 e. The van der Waals surface area contributed by atoms with Crippen molar-refractivity contribution >= 4 is 9.84 Å². The summed E-state index contributed by atoms with van der Waals surface area (Å²) in [7, 11) is -3.22. The summed E-state index contributed by atoms with van der Waals surface area (Å²) < 4.78 is 30.3. The minimum absolute atomic E-state index is 0.172. The molecular formula is C19H24O3S. The molecule has 2 rings (SSSR count). The Bertz CT molecular complexity index is 722. The fourth-order valence-corrected chi connectivity index (χ4v) is 4.11. The summed E-state index contributed by atoms with van der Waals surface area (Å²) in [4.78, 5) is 0.389. The fourth-order valence-electron chi connectivity index (χ4n) is 2.49. The van der Waals surface area contributed by atoms with E-state index in [-0.39, 0.29) is 5.75 Å². The van der Waals surface area contributed by atoms with Crippen LogP contribution in [-0.2, 0) is 16.3 Å². The maximum absolute atomic E-state index is 12.3. The molecule has 2 aromatic carbocycles. The normalized spacial score (nSPS) is 11.4. The largest absolute Gasteiger partial charge is 0.494 e. The summed E-state index contributed by atoms with van der Waals surface area (Å²) in [6, 6.07) is 15.6. The second kappa shape index (κ2) is 8.16. The highest BCUT2D eigenvalue weighted by atomic mass is 32.2. The third-order valence-corrected chi connectivity index (χ3v) is 5.74. The Labute approximate surface area is 139 Å². The van der Waals surface area contributed by atoms with Crippen molar-refractivity contribution in [3.05, 3.63) is 59.7 Å². The highest BCUT2D eigenvalue weighted by Crippen LogP contribution is 2.23. The minimum atomic E-state index is -3.22. The SMILES string of the molecule is CCCS(=O)(=O)c1cc(OCCCc2ccccc2)ccc1C. The first kappa shape index (κ1) is 17.5. The molecule has 0 atom stereocenters. The van der Waals surface area contributed by atoms with Gasteiger partial charge in [0.05, 0.1) is 17.3 Å². The van der Waals surface area contributed by atoms with Gasteiger partial charge in [-0.05, 0) is 49.4 Å². The zero-order chi connectivity index (χ0) is 16.7.